The minimum Gasteiger partial charge on any atom is -0.100 e. The molecule has 0 aliphatic carbocycles. The first kappa shape index (κ1) is 13.5. The highest BCUT2D eigenvalue weighted by Gasteiger charge is 2.37. The van der Waals surface area contributed by atoms with Crippen LogP contribution in [0.3, 0.4) is 0 Å². The Hall–Kier alpha value is -0.520. The molecule has 82 valence electrons. The monoisotopic (exact) mass is 194 g/mol. The van der Waals surface area contributed by atoms with Crippen LogP contribution in [-0.2, 0) is 0 Å². The van der Waals surface area contributed by atoms with Gasteiger partial charge in [-0.2, -0.15) is 0 Å². The van der Waals surface area contributed by atoms with Crippen molar-refractivity contribution < 1.29 is 0 Å². The Kier molecular flexibility index (Phi) is 4.17. The Morgan fingerprint density at radius 1 is 1.07 bits per heavy atom. The number of hydrogen-bond donors (Lipinski definition) is 0. The van der Waals surface area contributed by atoms with Gasteiger partial charge in [-0.15, -0.1) is 6.58 Å². The predicted molar refractivity (Wildman–Crippen MR) is 66.4 cm³/mol. The maximum atomic E-state index is 4.19. The first-order valence-corrected chi connectivity index (χ1v) is 5.47. The third kappa shape index (κ3) is 2.73. The van der Waals surface area contributed by atoms with Gasteiger partial charge in [0, 0.05) is 0 Å². The number of allylic oxidation sites excluding steroid dienone is 2. The fraction of sp³-hybridized carbons (Fsp3) is 0.714. The zero-order valence-electron chi connectivity index (χ0n) is 10.8. The van der Waals surface area contributed by atoms with Gasteiger partial charge in [0.2, 0.25) is 0 Å². The van der Waals surface area contributed by atoms with Gasteiger partial charge in [0.1, 0.15) is 0 Å². The van der Waals surface area contributed by atoms with Crippen LogP contribution in [0.4, 0.5) is 0 Å². The highest BCUT2D eigenvalue weighted by atomic mass is 14.4. The zero-order valence-corrected chi connectivity index (χ0v) is 10.8. The lowest BCUT2D eigenvalue weighted by Gasteiger charge is -2.43. The third-order valence-corrected chi connectivity index (χ3v) is 3.75. The summed E-state index contributed by atoms with van der Waals surface area (Å²) in [6.45, 7) is 21.7. The van der Waals surface area contributed by atoms with E-state index in [1.54, 1.807) is 0 Å². The van der Waals surface area contributed by atoms with Crippen molar-refractivity contribution in [1.29, 1.82) is 0 Å². The molecule has 0 aromatic heterocycles. The molecule has 0 unspecified atom stereocenters. The Morgan fingerprint density at radius 2 is 1.50 bits per heavy atom. The van der Waals surface area contributed by atoms with Crippen LogP contribution in [0.2, 0.25) is 0 Å². The van der Waals surface area contributed by atoms with Gasteiger partial charge < -0.3 is 0 Å². The lowest BCUT2D eigenvalue weighted by Crippen LogP contribution is -2.34. The van der Waals surface area contributed by atoms with Gasteiger partial charge >= 0.3 is 0 Å². The van der Waals surface area contributed by atoms with Gasteiger partial charge in [-0.1, -0.05) is 52.3 Å². The third-order valence-electron chi connectivity index (χ3n) is 3.75. The Labute approximate surface area is 90.1 Å². The van der Waals surface area contributed by atoms with Crippen LogP contribution in [0.1, 0.15) is 54.4 Å². The molecule has 0 aliphatic heterocycles. The molecule has 0 radical (unpaired) electrons. The normalized spacial score (nSPS) is 12.7. The molecule has 0 bridgehead atoms. The van der Waals surface area contributed by atoms with Crippen molar-refractivity contribution in [2.45, 2.75) is 54.4 Å². The molecule has 0 aliphatic rings. The van der Waals surface area contributed by atoms with Crippen LogP contribution in [0, 0.1) is 10.8 Å². The van der Waals surface area contributed by atoms with Crippen molar-refractivity contribution in [3.8, 4) is 0 Å². The summed E-state index contributed by atoms with van der Waals surface area (Å²) in [7, 11) is 0. The highest BCUT2D eigenvalue weighted by Crippen LogP contribution is 2.48. The Balaban J connectivity index is 4.86. The number of hydrogen-bond acceptors (Lipinski definition) is 0. The van der Waals surface area contributed by atoms with Crippen LogP contribution >= 0.6 is 0 Å². The van der Waals surface area contributed by atoms with Crippen molar-refractivity contribution in [3.05, 3.63) is 24.3 Å². The van der Waals surface area contributed by atoms with E-state index in [0.29, 0.717) is 0 Å². The molecule has 0 saturated heterocycles. The highest BCUT2D eigenvalue weighted by molar-refractivity contribution is 5.14. The van der Waals surface area contributed by atoms with Crippen LogP contribution in [0.15, 0.2) is 24.3 Å². The molecule has 0 fully saturated rings. The molecule has 0 nitrogen and oxygen atoms in total. The van der Waals surface area contributed by atoms with Crippen LogP contribution in [-0.4, -0.2) is 0 Å². The maximum absolute atomic E-state index is 4.19. The first-order valence-electron chi connectivity index (χ1n) is 5.47. The van der Waals surface area contributed by atoms with E-state index >= 15 is 0 Å². The summed E-state index contributed by atoms with van der Waals surface area (Å²) in [5.41, 5.74) is 3.02. The van der Waals surface area contributed by atoms with E-state index in [0.717, 1.165) is 12.8 Å². The standard InChI is InChI=1S/C14H26/c1-9-12(4)14(7,8)13(5,6)10-11(2)3/h2,4,9-10H2,1,3,5-8H3. The smallest absolute Gasteiger partial charge is 0.00933 e. The van der Waals surface area contributed by atoms with Gasteiger partial charge in [-0.3, -0.25) is 0 Å². The molecule has 0 rings (SSSR count). The van der Waals surface area contributed by atoms with E-state index in [9.17, 15) is 0 Å². The summed E-state index contributed by atoms with van der Waals surface area (Å²) in [6, 6.07) is 0. The summed E-state index contributed by atoms with van der Waals surface area (Å²) in [6.07, 6.45) is 2.13. The Bertz CT molecular complexity index is 228. The van der Waals surface area contributed by atoms with Gasteiger partial charge in [0.05, 0.1) is 0 Å². The molecular formula is C14H26. The van der Waals surface area contributed by atoms with E-state index in [4.69, 9.17) is 0 Å². The molecule has 0 aromatic carbocycles. The van der Waals surface area contributed by atoms with Crippen LogP contribution < -0.4 is 0 Å². The fourth-order valence-electron chi connectivity index (χ4n) is 1.90. The minimum absolute atomic E-state index is 0.181. The molecular weight excluding hydrogens is 168 g/mol. The van der Waals surface area contributed by atoms with Crippen molar-refractivity contribution in [1.82, 2.24) is 0 Å². The predicted octanol–water partition coefficient (Wildman–Crippen LogP) is 4.97. The summed E-state index contributed by atoms with van der Waals surface area (Å²) >= 11 is 0. The van der Waals surface area contributed by atoms with Crippen molar-refractivity contribution in [2.75, 3.05) is 0 Å². The first-order chi connectivity index (χ1) is 6.15. The minimum atomic E-state index is 0.181. The summed E-state index contributed by atoms with van der Waals surface area (Å²) in [5, 5.41) is 0. The van der Waals surface area contributed by atoms with Crippen molar-refractivity contribution in [3.63, 3.8) is 0 Å². The average molecular weight is 194 g/mol. The number of rotatable bonds is 5. The van der Waals surface area contributed by atoms with E-state index in [-0.39, 0.29) is 10.8 Å². The second-order valence-electron chi connectivity index (χ2n) is 5.60. The van der Waals surface area contributed by atoms with Crippen molar-refractivity contribution >= 4 is 0 Å². The molecule has 0 heteroatoms. The molecule has 0 heterocycles. The van der Waals surface area contributed by atoms with Gasteiger partial charge in [0.15, 0.2) is 0 Å². The van der Waals surface area contributed by atoms with Crippen molar-refractivity contribution in [2.24, 2.45) is 10.8 Å². The van der Waals surface area contributed by atoms with E-state index in [1.165, 1.54) is 11.1 Å². The van der Waals surface area contributed by atoms with Gasteiger partial charge in [-0.05, 0) is 30.6 Å². The van der Waals surface area contributed by atoms with E-state index in [1.807, 2.05) is 0 Å². The summed E-state index contributed by atoms with van der Waals surface area (Å²) in [5.74, 6) is 0. The SMILES string of the molecule is C=C(C)CC(C)(C)C(C)(C)C(=C)CC. The topological polar surface area (TPSA) is 0 Å². The average Bonchev–Trinajstić information content (AvgIpc) is 2.00. The summed E-state index contributed by atoms with van der Waals surface area (Å²) < 4.78 is 0. The molecule has 0 aromatic rings. The molecule has 0 atom stereocenters. The van der Waals surface area contributed by atoms with Crippen LogP contribution in [0.5, 0.6) is 0 Å². The zero-order chi connectivity index (χ0) is 11.6. The molecule has 0 amide bonds. The fourth-order valence-corrected chi connectivity index (χ4v) is 1.90. The second-order valence-corrected chi connectivity index (χ2v) is 5.60. The molecule has 0 spiro atoms. The lowest BCUT2D eigenvalue weighted by molar-refractivity contribution is 0.148. The second kappa shape index (κ2) is 4.33. The lowest BCUT2D eigenvalue weighted by atomic mass is 9.61. The largest absolute Gasteiger partial charge is 0.100 e. The van der Waals surface area contributed by atoms with Gasteiger partial charge in [0.25, 0.3) is 0 Å². The van der Waals surface area contributed by atoms with Gasteiger partial charge in [-0.25, -0.2) is 0 Å². The molecule has 0 N–H and O–H groups in total. The van der Waals surface area contributed by atoms with Crippen LogP contribution in [0.25, 0.3) is 0 Å². The quantitative estimate of drug-likeness (QED) is 0.542. The maximum Gasteiger partial charge on any atom is -0.00933 e. The summed E-state index contributed by atoms with van der Waals surface area (Å²) in [4.78, 5) is 0. The van der Waals surface area contributed by atoms with E-state index in [2.05, 4.69) is 54.7 Å². The molecule has 0 saturated carbocycles. The Morgan fingerprint density at radius 3 is 1.79 bits per heavy atom. The van der Waals surface area contributed by atoms with E-state index < -0.39 is 0 Å². The molecule has 14 heavy (non-hydrogen) atoms.